The Balaban J connectivity index is 1.98. The van der Waals surface area contributed by atoms with Crippen LogP contribution in [-0.2, 0) is 9.53 Å². The Morgan fingerprint density at radius 2 is 1.92 bits per heavy atom. The molecule has 1 saturated heterocycles. The van der Waals surface area contributed by atoms with Gasteiger partial charge in [0.05, 0.1) is 18.7 Å². The highest BCUT2D eigenvalue weighted by atomic mass is 35.5. The third-order valence-electron chi connectivity index (χ3n) is 4.86. The van der Waals surface area contributed by atoms with Crippen molar-refractivity contribution in [3.05, 3.63) is 46.1 Å². The Morgan fingerprint density at radius 3 is 2.58 bits per heavy atom. The highest BCUT2D eigenvalue weighted by molar-refractivity contribution is 6.31. The lowest BCUT2D eigenvalue weighted by Gasteiger charge is -2.32. The molecule has 0 aliphatic carbocycles. The number of nitrogens with one attached hydrogen (secondary N) is 2. The first kappa shape index (κ1) is 18.7. The fourth-order valence-corrected chi connectivity index (χ4v) is 3.80. The Morgan fingerprint density at radius 1 is 1.23 bits per heavy atom. The fraction of sp³-hybridized carbons (Fsp3) is 0.474. The molecule has 2 amide bonds. The second-order valence-corrected chi connectivity index (χ2v) is 7.03. The lowest BCUT2D eigenvalue weighted by atomic mass is 9.95. The number of halogens is 1. The molecule has 1 aromatic carbocycles. The number of carbonyl (C=O) groups excluding carboxylic acids is 2. The summed E-state index contributed by atoms with van der Waals surface area (Å²) in [5.74, 6) is -0.466. The Labute approximate surface area is 158 Å². The largest absolute Gasteiger partial charge is 0.466 e. The van der Waals surface area contributed by atoms with E-state index in [9.17, 15) is 9.59 Å². The summed E-state index contributed by atoms with van der Waals surface area (Å²) >= 11 is 6.32. The van der Waals surface area contributed by atoms with E-state index in [-0.39, 0.29) is 6.03 Å². The van der Waals surface area contributed by atoms with Crippen LogP contribution in [0.15, 0.2) is 35.5 Å². The molecule has 2 aliphatic heterocycles. The number of nitrogens with zero attached hydrogens (tertiary/aromatic N) is 1. The molecule has 0 aromatic heterocycles. The maximum Gasteiger partial charge on any atom is 0.338 e. The van der Waals surface area contributed by atoms with Crippen molar-refractivity contribution in [1.82, 2.24) is 15.5 Å². The van der Waals surface area contributed by atoms with Crippen molar-refractivity contribution in [3.63, 3.8) is 0 Å². The van der Waals surface area contributed by atoms with Crippen LogP contribution < -0.4 is 10.6 Å². The molecule has 3 rings (SSSR count). The number of methoxy groups -OCH3 is 1. The molecule has 2 heterocycles. The Hall–Kier alpha value is -2.05. The Bertz CT molecular complexity index is 712. The van der Waals surface area contributed by atoms with Gasteiger partial charge in [-0.1, -0.05) is 42.6 Å². The zero-order valence-electron chi connectivity index (χ0n) is 14.9. The number of likely N-dealkylation sites (tertiary alicyclic amines) is 1. The van der Waals surface area contributed by atoms with Gasteiger partial charge in [-0.3, -0.25) is 4.90 Å². The monoisotopic (exact) mass is 377 g/mol. The molecular formula is C19H24ClN3O3. The molecule has 0 radical (unpaired) electrons. The molecule has 1 fully saturated rings. The molecular weight excluding hydrogens is 354 g/mol. The number of ether oxygens (including phenoxy) is 1. The van der Waals surface area contributed by atoms with Crippen molar-refractivity contribution in [2.45, 2.75) is 31.7 Å². The zero-order chi connectivity index (χ0) is 18.5. The zero-order valence-corrected chi connectivity index (χ0v) is 15.6. The van der Waals surface area contributed by atoms with Crippen molar-refractivity contribution in [3.8, 4) is 0 Å². The standard InChI is InChI=1S/C19H24ClN3O3/c1-26-18(24)16-15(12-23-10-6-2-3-7-11-23)21-19(25)22-17(16)13-8-4-5-9-14(13)20/h4-5,8-9,17H,2-3,6-7,10-12H2,1H3,(H2,21,22,25). The maximum absolute atomic E-state index is 12.6. The lowest BCUT2D eigenvalue weighted by Crippen LogP contribution is -2.48. The number of hydrogen-bond donors (Lipinski definition) is 2. The number of hydrogen-bond acceptors (Lipinski definition) is 4. The maximum atomic E-state index is 12.6. The summed E-state index contributed by atoms with van der Waals surface area (Å²) in [6.07, 6.45) is 4.69. The van der Waals surface area contributed by atoms with Crippen LogP contribution in [0.3, 0.4) is 0 Å². The molecule has 7 heteroatoms. The Kier molecular flexibility index (Phi) is 6.16. The normalized spacial score (nSPS) is 21.6. The second-order valence-electron chi connectivity index (χ2n) is 6.63. The minimum absolute atomic E-state index is 0.340. The number of esters is 1. The predicted octanol–water partition coefficient (Wildman–Crippen LogP) is 3.00. The van der Waals surface area contributed by atoms with Crippen LogP contribution in [0.1, 0.15) is 37.3 Å². The number of urea groups is 1. The van der Waals surface area contributed by atoms with Gasteiger partial charge in [0.1, 0.15) is 0 Å². The quantitative estimate of drug-likeness (QED) is 0.791. The van der Waals surface area contributed by atoms with E-state index in [1.807, 2.05) is 18.2 Å². The molecule has 0 spiro atoms. The average Bonchev–Trinajstić information content (AvgIpc) is 2.90. The van der Waals surface area contributed by atoms with E-state index < -0.39 is 12.0 Å². The lowest BCUT2D eigenvalue weighted by molar-refractivity contribution is -0.136. The van der Waals surface area contributed by atoms with Crippen LogP contribution in [0.4, 0.5) is 4.79 Å². The molecule has 26 heavy (non-hydrogen) atoms. The summed E-state index contributed by atoms with van der Waals surface area (Å²) in [5, 5.41) is 6.11. The van der Waals surface area contributed by atoms with E-state index in [0.29, 0.717) is 28.4 Å². The molecule has 1 atom stereocenters. The van der Waals surface area contributed by atoms with Crippen LogP contribution in [0.5, 0.6) is 0 Å². The average molecular weight is 378 g/mol. The number of carbonyl (C=O) groups is 2. The van der Waals surface area contributed by atoms with Gasteiger partial charge in [-0.15, -0.1) is 0 Å². The number of benzene rings is 1. The molecule has 2 N–H and O–H groups in total. The van der Waals surface area contributed by atoms with Crippen LogP contribution in [0.2, 0.25) is 5.02 Å². The first-order chi connectivity index (χ1) is 12.6. The summed E-state index contributed by atoms with van der Waals surface area (Å²) in [7, 11) is 1.35. The highest BCUT2D eigenvalue weighted by Crippen LogP contribution is 2.32. The molecule has 6 nitrogen and oxygen atoms in total. The van der Waals surface area contributed by atoms with Gasteiger partial charge in [0.25, 0.3) is 0 Å². The summed E-state index contributed by atoms with van der Waals surface area (Å²) in [5.41, 5.74) is 1.68. The topological polar surface area (TPSA) is 70.7 Å². The van der Waals surface area contributed by atoms with Crippen LogP contribution in [0.25, 0.3) is 0 Å². The van der Waals surface area contributed by atoms with Gasteiger partial charge in [-0.2, -0.15) is 0 Å². The van der Waals surface area contributed by atoms with Gasteiger partial charge in [-0.25, -0.2) is 9.59 Å². The first-order valence-corrected chi connectivity index (χ1v) is 9.33. The van der Waals surface area contributed by atoms with Gasteiger partial charge >= 0.3 is 12.0 Å². The number of amides is 2. The van der Waals surface area contributed by atoms with Gasteiger partial charge in [-0.05, 0) is 37.6 Å². The van der Waals surface area contributed by atoms with Gasteiger partial charge < -0.3 is 15.4 Å². The third-order valence-corrected chi connectivity index (χ3v) is 5.20. The van der Waals surface area contributed by atoms with Crippen LogP contribution in [0, 0.1) is 0 Å². The van der Waals surface area contributed by atoms with Crippen molar-refractivity contribution >= 4 is 23.6 Å². The highest BCUT2D eigenvalue weighted by Gasteiger charge is 2.35. The van der Waals surface area contributed by atoms with Crippen molar-refractivity contribution < 1.29 is 14.3 Å². The van der Waals surface area contributed by atoms with E-state index >= 15 is 0 Å². The second kappa shape index (κ2) is 8.56. The summed E-state index contributed by atoms with van der Waals surface area (Å²) in [6.45, 7) is 2.43. The van der Waals surface area contributed by atoms with Crippen molar-refractivity contribution in [1.29, 1.82) is 0 Å². The van der Waals surface area contributed by atoms with Crippen LogP contribution in [-0.4, -0.2) is 43.6 Å². The van der Waals surface area contributed by atoms with E-state index in [2.05, 4.69) is 15.5 Å². The molecule has 0 saturated carbocycles. The number of rotatable bonds is 4. The smallest absolute Gasteiger partial charge is 0.338 e. The third kappa shape index (κ3) is 4.19. The van der Waals surface area contributed by atoms with Crippen LogP contribution >= 0.6 is 11.6 Å². The molecule has 2 aliphatic rings. The first-order valence-electron chi connectivity index (χ1n) is 8.96. The van der Waals surface area contributed by atoms with Gasteiger partial charge in [0.15, 0.2) is 0 Å². The van der Waals surface area contributed by atoms with Gasteiger partial charge in [0.2, 0.25) is 0 Å². The SMILES string of the molecule is COC(=O)C1=C(CN2CCCCCC2)NC(=O)NC1c1ccccc1Cl. The molecule has 1 unspecified atom stereocenters. The molecule has 140 valence electrons. The fourth-order valence-electron chi connectivity index (χ4n) is 3.55. The minimum atomic E-state index is -0.633. The molecule has 1 aromatic rings. The molecule has 0 bridgehead atoms. The summed E-state index contributed by atoms with van der Waals surface area (Å²) in [6, 6.07) is 6.23. The van der Waals surface area contributed by atoms with Crippen molar-refractivity contribution in [2.75, 3.05) is 26.7 Å². The van der Waals surface area contributed by atoms with E-state index in [1.165, 1.54) is 20.0 Å². The van der Waals surface area contributed by atoms with Gasteiger partial charge in [0, 0.05) is 17.3 Å². The van der Waals surface area contributed by atoms with E-state index in [1.54, 1.807) is 6.07 Å². The summed E-state index contributed by atoms with van der Waals surface area (Å²) in [4.78, 5) is 27.1. The summed E-state index contributed by atoms with van der Waals surface area (Å²) < 4.78 is 5.01. The van der Waals surface area contributed by atoms with E-state index in [4.69, 9.17) is 16.3 Å². The minimum Gasteiger partial charge on any atom is -0.466 e. The predicted molar refractivity (Wildman–Crippen MR) is 99.8 cm³/mol. The van der Waals surface area contributed by atoms with Crippen molar-refractivity contribution in [2.24, 2.45) is 0 Å². The van der Waals surface area contributed by atoms with E-state index in [0.717, 1.165) is 25.9 Å².